The van der Waals surface area contributed by atoms with E-state index in [1.165, 1.54) is 13.2 Å². The summed E-state index contributed by atoms with van der Waals surface area (Å²) in [6, 6.07) is 0. The summed E-state index contributed by atoms with van der Waals surface area (Å²) in [7, 11) is 1.39. The molecule has 54 valence electrons. The fraction of sp³-hybridized carbons (Fsp3) is 0.375. The summed E-state index contributed by atoms with van der Waals surface area (Å²) < 4.78 is 4.46. The molecule has 0 aromatic carbocycles. The van der Waals surface area contributed by atoms with Crippen molar-refractivity contribution in [2.45, 2.75) is 12.8 Å². The maximum atomic E-state index is 10.6. The topological polar surface area (TPSA) is 26.3 Å². The van der Waals surface area contributed by atoms with E-state index in [1.807, 2.05) is 6.08 Å². The Morgan fingerprint density at radius 2 is 2.60 bits per heavy atom. The summed E-state index contributed by atoms with van der Waals surface area (Å²) in [4.78, 5) is 10.6. The predicted molar refractivity (Wildman–Crippen MR) is 38.5 cm³/mol. The molecule has 0 amide bonds. The van der Waals surface area contributed by atoms with Gasteiger partial charge in [-0.3, -0.25) is 0 Å². The first-order chi connectivity index (χ1) is 4.83. The van der Waals surface area contributed by atoms with Crippen LogP contribution in [-0.4, -0.2) is 13.1 Å². The molecule has 0 aliphatic heterocycles. The largest absolute Gasteiger partial charge is 0.466 e. The van der Waals surface area contributed by atoms with E-state index >= 15 is 0 Å². The first kappa shape index (κ1) is 7.06. The Morgan fingerprint density at radius 1 is 1.80 bits per heavy atom. The fourth-order valence-electron chi connectivity index (χ4n) is 0.899. The highest BCUT2D eigenvalue weighted by Gasteiger charge is 2.01. The Hall–Kier alpha value is -1.05. The minimum Gasteiger partial charge on any atom is -0.466 e. The van der Waals surface area contributed by atoms with E-state index in [-0.39, 0.29) is 5.97 Å². The first-order valence-electron chi connectivity index (χ1n) is 3.28. The molecule has 0 saturated heterocycles. The van der Waals surface area contributed by atoms with E-state index < -0.39 is 0 Å². The van der Waals surface area contributed by atoms with Gasteiger partial charge in [-0.1, -0.05) is 12.2 Å². The minimum atomic E-state index is -0.262. The summed E-state index contributed by atoms with van der Waals surface area (Å²) in [5.74, 6) is -0.262. The normalized spacial score (nSPS) is 19.9. The van der Waals surface area contributed by atoms with E-state index in [1.54, 1.807) is 0 Å². The van der Waals surface area contributed by atoms with Gasteiger partial charge in [0.2, 0.25) is 0 Å². The summed E-state index contributed by atoms with van der Waals surface area (Å²) in [5, 5.41) is 0. The van der Waals surface area contributed by atoms with Gasteiger partial charge in [-0.05, 0) is 18.4 Å². The van der Waals surface area contributed by atoms with E-state index in [9.17, 15) is 4.79 Å². The van der Waals surface area contributed by atoms with Gasteiger partial charge >= 0.3 is 5.97 Å². The van der Waals surface area contributed by atoms with Gasteiger partial charge in [0.15, 0.2) is 0 Å². The van der Waals surface area contributed by atoms with Crippen molar-refractivity contribution in [1.82, 2.24) is 0 Å². The van der Waals surface area contributed by atoms with Gasteiger partial charge in [-0.25, -0.2) is 4.79 Å². The van der Waals surface area contributed by atoms with Gasteiger partial charge in [0.05, 0.1) is 7.11 Å². The van der Waals surface area contributed by atoms with Crippen molar-refractivity contribution in [2.75, 3.05) is 7.11 Å². The van der Waals surface area contributed by atoms with Crippen LogP contribution in [0, 0.1) is 0 Å². The van der Waals surface area contributed by atoms with Crippen LogP contribution >= 0.6 is 0 Å². The number of ether oxygens (including phenoxy) is 1. The Kier molecular flexibility index (Phi) is 2.26. The van der Waals surface area contributed by atoms with Gasteiger partial charge in [0, 0.05) is 6.08 Å². The minimum absolute atomic E-state index is 0.262. The van der Waals surface area contributed by atoms with E-state index in [0.29, 0.717) is 0 Å². The lowest BCUT2D eigenvalue weighted by atomic mass is 10.2. The lowest BCUT2D eigenvalue weighted by molar-refractivity contribution is -0.134. The standard InChI is InChI=1S/C8H10O2/c1-10-8(9)6-7-4-2-3-5-7/h2,4,6H,3,5H2,1H3/b7-6-. The number of esters is 1. The van der Waals surface area contributed by atoms with E-state index in [2.05, 4.69) is 10.8 Å². The molecule has 10 heavy (non-hydrogen) atoms. The molecule has 0 saturated carbocycles. The van der Waals surface area contributed by atoms with Crippen LogP contribution in [0.5, 0.6) is 0 Å². The maximum Gasteiger partial charge on any atom is 0.330 e. The molecule has 0 radical (unpaired) electrons. The van der Waals surface area contributed by atoms with Gasteiger partial charge in [-0.15, -0.1) is 0 Å². The molecule has 0 bridgehead atoms. The zero-order valence-electron chi connectivity index (χ0n) is 5.96. The molecule has 0 aromatic heterocycles. The van der Waals surface area contributed by atoms with Gasteiger partial charge in [0.25, 0.3) is 0 Å². The van der Waals surface area contributed by atoms with Crippen LogP contribution in [0.15, 0.2) is 23.8 Å². The average Bonchev–Trinajstić information content (AvgIpc) is 2.40. The molecule has 1 rings (SSSR count). The highest BCUT2D eigenvalue weighted by Crippen LogP contribution is 2.14. The molecular weight excluding hydrogens is 128 g/mol. The SMILES string of the molecule is COC(=O)/C=C1/C=CCC1. The van der Waals surface area contributed by atoms with Crippen molar-refractivity contribution >= 4 is 5.97 Å². The van der Waals surface area contributed by atoms with Crippen molar-refractivity contribution < 1.29 is 9.53 Å². The molecule has 0 N–H and O–H groups in total. The summed E-state index contributed by atoms with van der Waals surface area (Å²) in [6.07, 6.45) is 7.55. The zero-order chi connectivity index (χ0) is 7.40. The van der Waals surface area contributed by atoms with Crippen molar-refractivity contribution in [3.05, 3.63) is 23.8 Å². The smallest absolute Gasteiger partial charge is 0.330 e. The van der Waals surface area contributed by atoms with Gasteiger partial charge in [-0.2, -0.15) is 0 Å². The molecule has 2 heteroatoms. The average molecular weight is 138 g/mol. The summed E-state index contributed by atoms with van der Waals surface area (Å²) in [6.45, 7) is 0. The third-order valence-corrected chi connectivity index (χ3v) is 1.44. The van der Waals surface area contributed by atoms with E-state index in [4.69, 9.17) is 0 Å². The van der Waals surface area contributed by atoms with Crippen molar-refractivity contribution in [3.63, 3.8) is 0 Å². The number of hydrogen-bond donors (Lipinski definition) is 0. The predicted octanol–water partition coefficient (Wildman–Crippen LogP) is 1.44. The van der Waals surface area contributed by atoms with Crippen LogP contribution in [0.2, 0.25) is 0 Å². The molecule has 0 heterocycles. The molecule has 0 aromatic rings. The monoisotopic (exact) mass is 138 g/mol. The number of rotatable bonds is 1. The Balaban J connectivity index is 2.54. The Morgan fingerprint density at radius 3 is 3.10 bits per heavy atom. The second kappa shape index (κ2) is 3.20. The number of carbonyl (C=O) groups is 1. The Bertz CT molecular complexity index is 189. The van der Waals surface area contributed by atoms with Crippen LogP contribution in [0.4, 0.5) is 0 Å². The second-order valence-corrected chi connectivity index (χ2v) is 2.18. The molecule has 1 aliphatic carbocycles. The molecule has 0 spiro atoms. The highest BCUT2D eigenvalue weighted by molar-refractivity contribution is 5.83. The van der Waals surface area contributed by atoms with Crippen molar-refractivity contribution in [3.8, 4) is 0 Å². The summed E-state index contributed by atoms with van der Waals surface area (Å²) >= 11 is 0. The van der Waals surface area contributed by atoms with Crippen LogP contribution in [0.3, 0.4) is 0 Å². The maximum absolute atomic E-state index is 10.6. The van der Waals surface area contributed by atoms with Gasteiger partial charge < -0.3 is 4.74 Å². The number of methoxy groups -OCH3 is 1. The summed E-state index contributed by atoms with van der Waals surface area (Å²) in [5.41, 5.74) is 1.06. The van der Waals surface area contributed by atoms with Crippen molar-refractivity contribution in [2.24, 2.45) is 0 Å². The van der Waals surface area contributed by atoms with Crippen molar-refractivity contribution in [1.29, 1.82) is 0 Å². The molecule has 0 unspecified atom stereocenters. The van der Waals surface area contributed by atoms with Crippen LogP contribution < -0.4 is 0 Å². The van der Waals surface area contributed by atoms with Crippen LogP contribution in [0.25, 0.3) is 0 Å². The molecule has 1 aliphatic rings. The fourth-order valence-corrected chi connectivity index (χ4v) is 0.899. The number of carbonyl (C=O) groups excluding carboxylic acids is 1. The third kappa shape index (κ3) is 1.72. The second-order valence-electron chi connectivity index (χ2n) is 2.18. The van der Waals surface area contributed by atoms with Crippen LogP contribution in [0.1, 0.15) is 12.8 Å². The lowest BCUT2D eigenvalue weighted by Gasteiger charge is -1.92. The zero-order valence-corrected chi connectivity index (χ0v) is 5.96. The molecule has 2 nitrogen and oxygen atoms in total. The molecule has 0 fully saturated rings. The van der Waals surface area contributed by atoms with E-state index in [0.717, 1.165) is 18.4 Å². The third-order valence-electron chi connectivity index (χ3n) is 1.44. The molecule has 0 atom stereocenters. The number of hydrogen-bond acceptors (Lipinski definition) is 2. The molecular formula is C8H10O2. The quantitative estimate of drug-likeness (QED) is 0.405. The first-order valence-corrected chi connectivity index (χ1v) is 3.28. The van der Waals surface area contributed by atoms with Gasteiger partial charge in [0.1, 0.15) is 0 Å². The van der Waals surface area contributed by atoms with Crippen LogP contribution in [-0.2, 0) is 9.53 Å². The highest BCUT2D eigenvalue weighted by atomic mass is 16.5. The lowest BCUT2D eigenvalue weighted by Crippen LogP contribution is -1.95. The Labute approximate surface area is 60.2 Å². The number of allylic oxidation sites excluding steroid dienone is 3.